The number of fused-ring (bicyclic) bond motifs is 1. The van der Waals surface area contributed by atoms with Crippen molar-refractivity contribution in [1.82, 2.24) is 9.88 Å². The van der Waals surface area contributed by atoms with E-state index in [0.29, 0.717) is 34.5 Å². The van der Waals surface area contributed by atoms with Gasteiger partial charge in [-0.3, -0.25) is 9.69 Å². The van der Waals surface area contributed by atoms with Crippen LogP contribution in [0.1, 0.15) is 16.8 Å². The predicted molar refractivity (Wildman–Crippen MR) is 121 cm³/mol. The first-order valence-corrected chi connectivity index (χ1v) is 10.4. The molecule has 1 aromatic heterocycles. The molecule has 0 aliphatic carbocycles. The Morgan fingerprint density at radius 3 is 2.37 bits per heavy atom. The minimum atomic E-state index is -0.132. The van der Waals surface area contributed by atoms with Crippen molar-refractivity contribution >= 4 is 32.6 Å². The molecule has 8 heteroatoms. The number of hydrogen-bond acceptors (Lipinski definition) is 7. The van der Waals surface area contributed by atoms with E-state index in [-0.39, 0.29) is 5.91 Å². The van der Waals surface area contributed by atoms with Gasteiger partial charge in [0.2, 0.25) is 0 Å². The van der Waals surface area contributed by atoms with Gasteiger partial charge in [-0.1, -0.05) is 17.4 Å². The number of aromatic nitrogens is 1. The van der Waals surface area contributed by atoms with Crippen LogP contribution in [-0.4, -0.2) is 64.3 Å². The van der Waals surface area contributed by atoms with Gasteiger partial charge in [0.25, 0.3) is 5.91 Å². The molecule has 0 aliphatic heterocycles. The number of hydrogen-bond donors (Lipinski definition) is 0. The first-order chi connectivity index (χ1) is 14.5. The fourth-order valence-corrected chi connectivity index (χ4v) is 4.15. The molecule has 0 saturated heterocycles. The number of para-hydroxylation sites is 1. The number of methoxy groups -OCH3 is 3. The lowest BCUT2D eigenvalue weighted by Gasteiger charge is -2.21. The topological polar surface area (TPSA) is 64.1 Å². The van der Waals surface area contributed by atoms with Gasteiger partial charge < -0.3 is 19.1 Å². The molecular formula is C22H27N3O4S. The predicted octanol–water partition coefficient (Wildman–Crippen LogP) is 3.92. The lowest BCUT2D eigenvalue weighted by Crippen LogP contribution is -2.33. The van der Waals surface area contributed by atoms with E-state index >= 15 is 0 Å². The minimum Gasteiger partial charge on any atom is -0.494 e. The smallest absolute Gasteiger partial charge is 0.260 e. The number of benzene rings is 2. The number of rotatable bonds is 9. The number of carbonyl (C=O) groups is 1. The van der Waals surface area contributed by atoms with E-state index in [4.69, 9.17) is 19.2 Å². The Balaban J connectivity index is 1.99. The molecule has 0 spiro atoms. The maximum Gasteiger partial charge on any atom is 0.260 e. The summed E-state index contributed by atoms with van der Waals surface area (Å²) in [5.74, 6) is 1.66. The highest BCUT2D eigenvalue weighted by Crippen LogP contribution is 2.35. The van der Waals surface area contributed by atoms with Gasteiger partial charge in [-0.05, 0) is 57.4 Å². The lowest BCUT2D eigenvalue weighted by atomic mass is 10.1. The molecule has 30 heavy (non-hydrogen) atoms. The van der Waals surface area contributed by atoms with Crippen LogP contribution in [0.25, 0.3) is 10.2 Å². The van der Waals surface area contributed by atoms with Gasteiger partial charge in [0.15, 0.2) is 16.6 Å². The molecule has 160 valence electrons. The lowest BCUT2D eigenvalue weighted by molar-refractivity contribution is 0.0985. The Kier molecular flexibility index (Phi) is 7.12. The van der Waals surface area contributed by atoms with Gasteiger partial charge >= 0.3 is 0 Å². The van der Waals surface area contributed by atoms with Gasteiger partial charge in [0.1, 0.15) is 11.3 Å². The third-order valence-corrected chi connectivity index (χ3v) is 5.73. The zero-order valence-electron chi connectivity index (χ0n) is 18.0. The van der Waals surface area contributed by atoms with Crippen molar-refractivity contribution in [2.75, 3.05) is 53.4 Å². The van der Waals surface area contributed by atoms with Crippen molar-refractivity contribution in [1.29, 1.82) is 0 Å². The molecule has 2 aromatic carbocycles. The number of carbonyl (C=O) groups excluding carboxylic acids is 1. The zero-order chi connectivity index (χ0) is 21.7. The molecule has 0 radical (unpaired) electrons. The Morgan fingerprint density at radius 1 is 0.967 bits per heavy atom. The molecule has 0 atom stereocenters. The van der Waals surface area contributed by atoms with E-state index in [0.717, 1.165) is 23.2 Å². The fourth-order valence-electron chi connectivity index (χ4n) is 3.15. The van der Waals surface area contributed by atoms with Gasteiger partial charge in [-0.15, -0.1) is 0 Å². The highest BCUT2D eigenvalue weighted by molar-refractivity contribution is 7.22. The van der Waals surface area contributed by atoms with Gasteiger partial charge in [0.05, 0.1) is 26.0 Å². The summed E-state index contributed by atoms with van der Waals surface area (Å²) in [6.45, 7) is 1.41. The Hall–Kier alpha value is -2.84. The van der Waals surface area contributed by atoms with Crippen LogP contribution in [0.3, 0.4) is 0 Å². The van der Waals surface area contributed by atoms with Crippen LogP contribution < -0.4 is 19.1 Å². The maximum absolute atomic E-state index is 13.5. The summed E-state index contributed by atoms with van der Waals surface area (Å²) in [7, 11) is 8.78. The molecule has 0 bridgehead atoms. The molecule has 0 saturated carbocycles. The van der Waals surface area contributed by atoms with Crippen molar-refractivity contribution in [2.45, 2.75) is 6.42 Å². The van der Waals surface area contributed by atoms with E-state index in [9.17, 15) is 4.79 Å². The highest BCUT2D eigenvalue weighted by atomic mass is 32.1. The van der Waals surface area contributed by atoms with Crippen molar-refractivity contribution in [2.24, 2.45) is 0 Å². The third kappa shape index (κ3) is 4.66. The number of ether oxygens (including phenoxy) is 3. The van der Waals surface area contributed by atoms with Crippen molar-refractivity contribution in [3.63, 3.8) is 0 Å². The summed E-state index contributed by atoms with van der Waals surface area (Å²) < 4.78 is 17.1. The molecule has 1 heterocycles. The summed E-state index contributed by atoms with van der Waals surface area (Å²) >= 11 is 1.48. The molecule has 3 aromatic rings. The van der Waals surface area contributed by atoms with E-state index in [1.165, 1.54) is 11.3 Å². The second-order valence-corrected chi connectivity index (χ2v) is 8.00. The van der Waals surface area contributed by atoms with Crippen molar-refractivity contribution in [3.8, 4) is 17.2 Å². The first kappa shape index (κ1) is 21.9. The molecule has 0 N–H and O–H groups in total. The number of nitrogens with zero attached hydrogens (tertiary/aromatic N) is 3. The van der Waals surface area contributed by atoms with Gasteiger partial charge in [-0.2, -0.15) is 0 Å². The van der Waals surface area contributed by atoms with E-state index < -0.39 is 0 Å². The summed E-state index contributed by atoms with van der Waals surface area (Å²) in [6.07, 6.45) is 0.819. The van der Waals surface area contributed by atoms with Gasteiger partial charge in [-0.25, -0.2) is 4.98 Å². The quantitative estimate of drug-likeness (QED) is 0.514. The van der Waals surface area contributed by atoms with Crippen LogP contribution >= 0.6 is 11.3 Å². The summed E-state index contributed by atoms with van der Waals surface area (Å²) in [6, 6.07) is 11.0. The van der Waals surface area contributed by atoms with E-state index in [2.05, 4.69) is 4.90 Å². The second kappa shape index (κ2) is 9.77. The average molecular weight is 430 g/mol. The maximum atomic E-state index is 13.5. The fraction of sp³-hybridized carbons (Fsp3) is 0.364. The van der Waals surface area contributed by atoms with Crippen molar-refractivity contribution in [3.05, 3.63) is 42.0 Å². The number of amides is 1. The molecule has 3 rings (SSSR count). The number of anilines is 1. The van der Waals surface area contributed by atoms with E-state index in [1.54, 1.807) is 44.4 Å². The third-order valence-electron chi connectivity index (χ3n) is 4.68. The van der Waals surface area contributed by atoms with Crippen LogP contribution in [0.15, 0.2) is 36.4 Å². The summed E-state index contributed by atoms with van der Waals surface area (Å²) in [4.78, 5) is 22.0. The molecular weight excluding hydrogens is 402 g/mol. The largest absolute Gasteiger partial charge is 0.494 e. The summed E-state index contributed by atoms with van der Waals surface area (Å²) in [5.41, 5.74) is 1.28. The SMILES string of the molecule is COc1ccc(C(=O)N(CCCN(C)C)c2nc3c(OC)cccc3s2)cc1OC. The van der Waals surface area contributed by atoms with Crippen LogP contribution in [-0.2, 0) is 0 Å². The Morgan fingerprint density at radius 2 is 1.70 bits per heavy atom. The van der Waals surface area contributed by atoms with Crippen LogP contribution in [0.5, 0.6) is 17.2 Å². The minimum absolute atomic E-state index is 0.132. The molecule has 1 amide bonds. The Bertz CT molecular complexity index is 1020. The van der Waals surface area contributed by atoms with Crippen LogP contribution in [0.2, 0.25) is 0 Å². The standard InChI is InChI=1S/C22H27N3O4S/c1-24(2)12-7-13-25(21(26)15-10-11-16(27-3)18(14-15)29-5)22-23-20-17(28-4)8-6-9-19(20)30-22/h6,8-11,14H,7,12-13H2,1-5H3. The second-order valence-electron chi connectivity index (χ2n) is 6.99. The average Bonchev–Trinajstić information content (AvgIpc) is 3.19. The zero-order valence-corrected chi connectivity index (χ0v) is 18.8. The monoisotopic (exact) mass is 429 g/mol. The summed E-state index contributed by atoms with van der Waals surface area (Å²) in [5, 5.41) is 0.646. The molecule has 0 unspecified atom stereocenters. The molecule has 0 aliphatic rings. The highest BCUT2D eigenvalue weighted by Gasteiger charge is 2.23. The van der Waals surface area contributed by atoms with Crippen LogP contribution in [0.4, 0.5) is 5.13 Å². The van der Waals surface area contributed by atoms with Crippen molar-refractivity contribution < 1.29 is 19.0 Å². The Labute approximate surface area is 180 Å². The van der Waals surface area contributed by atoms with E-state index in [1.807, 2.05) is 32.3 Å². The number of thiazole rings is 1. The molecule has 0 fully saturated rings. The molecule has 7 nitrogen and oxygen atoms in total. The van der Waals surface area contributed by atoms with Gasteiger partial charge in [0, 0.05) is 12.1 Å². The normalized spacial score (nSPS) is 11.0. The van der Waals surface area contributed by atoms with Crippen LogP contribution in [0, 0.1) is 0 Å². The first-order valence-electron chi connectivity index (χ1n) is 9.60.